The summed E-state index contributed by atoms with van der Waals surface area (Å²) in [7, 11) is 0. The van der Waals surface area contributed by atoms with Crippen molar-refractivity contribution in [1.29, 1.82) is 0 Å². The standard InChI is InChI=1S/C16H23NO3/c1-5-16(4,15(19)20)17-14(18)10-12(3)13-9-7-6-8-11(13)2/h6-9,12H,5,10H2,1-4H3,(H,17,18)(H,19,20). The van der Waals surface area contributed by atoms with Crippen LogP contribution in [0.1, 0.15) is 50.7 Å². The number of hydrogen-bond donors (Lipinski definition) is 2. The molecule has 0 aliphatic carbocycles. The van der Waals surface area contributed by atoms with Crippen LogP contribution in [-0.2, 0) is 9.59 Å². The molecule has 2 N–H and O–H groups in total. The van der Waals surface area contributed by atoms with Gasteiger partial charge in [-0.2, -0.15) is 0 Å². The van der Waals surface area contributed by atoms with Gasteiger partial charge >= 0.3 is 5.97 Å². The Morgan fingerprint density at radius 2 is 1.95 bits per heavy atom. The summed E-state index contributed by atoms with van der Waals surface area (Å²) in [6.45, 7) is 7.27. The molecule has 1 amide bonds. The molecule has 1 rings (SSSR count). The van der Waals surface area contributed by atoms with E-state index in [1.54, 1.807) is 6.92 Å². The lowest BCUT2D eigenvalue weighted by Crippen LogP contribution is -2.51. The highest BCUT2D eigenvalue weighted by atomic mass is 16.4. The number of benzene rings is 1. The Kier molecular flexibility index (Phi) is 5.31. The molecule has 1 aromatic rings. The molecule has 0 bridgehead atoms. The molecule has 4 heteroatoms. The van der Waals surface area contributed by atoms with E-state index in [4.69, 9.17) is 5.11 Å². The van der Waals surface area contributed by atoms with E-state index in [-0.39, 0.29) is 18.2 Å². The fraction of sp³-hybridized carbons (Fsp3) is 0.500. The summed E-state index contributed by atoms with van der Waals surface area (Å²) in [6, 6.07) is 7.93. The Morgan fingerprint density at radius 3 is 2.45 bits per heavy atom. The van der Waals surface area contributed by atoms with Crippen molar-refractivity contribution in [2.45, 2.75) is 52.0 Å². The van der Waals surface area contributed by atoms with Gasteiger partial charge < -0.3 is 10.4 Å². The minimum Gasteiger partial charge on any atom is -0.480 e. The van der Waals surface area contributed by atoms with E-state index in [0.717, 1.165) is 11.1 Å². The Balaban J connectivity index is 2.72. The summed E-state index contributed by atoms with van der Waals surface area (Å²) >= 11 is 0. The highest BCUT2D eigenvalue weighted by Crippen LogP contribution is 2.22. The molecular weight excluding hydrogens is 254 g/mol. The number of rotatable bonds is 6. The topological polar surface area (TPSA) is 66.4 Å². The van der Waals surface area contributed by atoms with Crippen molar-refractivity contribution < 1.29 is 14.7 Å². The van der Waals surface area contributed by atoms with Crippen molar-refractivity contribution in [3.05, 3.63) is 35.4 Å². The lowest BCUT2D eigenvalue weighted by atomic mass is 9.92. The zero-order valence-corrected chi connectivity index (χ0v) is 12.6. The SMILES string of the molecule is CCC(C)(NC(=O)CC(C)c1ccccc1C)C(=O)O. The van der Waals surface area contributed by atoms with Gasteiger partial charge in [0, 0.05) is 6.42 Å². The first-order valence-corrected chi connectivity index (χ1v) is 6.90. The molecule has 4 nitrogen and oxygen atoms in total. The van der Waals surface area contributed by atoms with Gasteiger partial charge in [0.25, 0.3) is 0 Å². The van der Waals surface area contributed by atoms with Crippen molar-refractivity contribution in [3.63, 3.8) is 0 Å². The molecule has 0 radical (unpaired) electrons. The number of carboxylic acid groups (broad SMARTS) is 1. The molecule has 0 spiro atoms. The summed E-state index contributed by atoms with van der Waals surface area (Å²) in [5.74, 6) is -1.17. The molecule has 0 saturated carbocycles. The van der Waals surface area contributed by atoms with Crippen LogP contribution in [0.4, 0.5) is 0 Å². The number of nitrogens with one attached hydrogen (secondary N) is 1. The second-order valence-corrected chi connectivity index (χ2v) is 5.50. The molecule has 0 heterocycles. The maximum atomic E-state index is 12.0. The smallest absolute Gasteiger partial charge is 0.329 e. The van der Waals surface area contributed by atoms with E-state index in [1.807, 2.05) is 38.1 Å². The van der Waals surface area contributed by atoms with Gasteiger partial charge in [0.2, 0.25) is 5.91 Å². The molecule has 0 aliphatic heterocycles. The minimum absolute atomic E-state index is 0.0612. The van der Waals surface area contributed by atoms with E-state index < -0.39 is 11.5 Å². The Labute approximate surface area is 120 Å². The van der Waals surface area contributed by atoms with Crippen LogP contribution in [0.15, 0.2) is 24.3 Å². The van der Waals surface area contributed by atoms with Crippen molar-refractivity contribution in [3.8, 4) is 0 Å². The fourth-order valence-electron chi connectivity index (χ4n) is 2.18. The normalized spacial score (nSPS) is 15.2. The molecular formula is C16H23NO3. The van der Waals surface area contributed by atoms with Crippen LogP contribution in [0.5, 0.6) is 0 Å². The lowest BCUT2D eigenvalue weighted by Gasteiger charge is -2.25. The first-order chi connectivity index (χ1) is 9.30. The number of hydrogen-bond acceptors (Lipinski definition) is 2. The average Bonchev–Trinajstić information content (AvgIpc) is 2.38. The van der Waals surface area contributed by atoms with Gasteiger partial charge in [-0.05, 0) is 37.3 Å². The molecule has 110 valence electrons. The Hall–Kier alpha value is -1.84. The molecule has 0 aromatic heterocycles. The third kappa shape index (κ3) is 3.83. The van der Waals surface area contributed by atoms with Crippen LogP contribution < -0.4 is 5.32 Å². The second-order valence-electron chi connectivity index (χ2n) is 5.50. The monoisotopic (exact) mass is 277 g/mol. The predicted molar refractivity (Wildman–Crippen MR) is 78.7 cm³/mol. The van der Waals surface area contributed by atoms with Crippen LogP contribution in [-0.4, -0.2) is 22.5 Å². The zero-order valence-electron chi connectivity index (χ0n) is 12.6. The summed E-state index contributed by atoms with van der Waals surface area (Å²) in [4.78, 5) is 23.2. The van der Waals surface area contributed by atoms with E-state index in [0.29, 0.717) is 6.42 Å². The van der Waals surface area contributed by atoms with Crippen LogP contribution in [0.3, 0.4) is 0 Å². The van der Waals surface area contributed by atoms with Crippen LogP contribution in [0.2, 0.25) is 0 Å². The highest BCUT2D eigenvalue weighted by molar-refractivity contribution is 5.86. The minimum atomic E-state index is -1.19. The van der Waals surface area contributed by atoms with E-state index in [9.17, 15) is 9.59 Å². The third-order valence-electron chi connectivity index (χ3n) is 3.81. The summed E-state index contributed by atoms with van der Waals surface area (Å²) in [5.41, 5.74) is 1.07. The van der Waals surface area contributed by atoms with Gasteiger partial charge in [0.15, 0.2) is 0 Å². The van der Waals surface area contributed by atoms with Gasteiger partial charge in [-0.15, -0.1) is 0 Å². The van der Waals surface area contributed by atoms with Gasteiger partial charge in [-0.1, -0.05) is 38.1 Å². The third-order valence-corrected chi connectivity index (χ3v) is 3.81. The molecule has 0 aliphatic rings. The molecule has 2 unspecified atom stereocenters. The zero-order chi connectivity index (χ0) is 15.3. The van der Waals surface area contributed by atoms with Crippen LogP contribution in [0, 0.1) is 6.92 Å². The first-order valence-electron chi connectivity index (χ1n) is 6.90. The van der Waals surface area contributed by atoms with E-state index in [1.165, 1.54) is 6.92 Å². The summed E-state index contributed by atoms with van der Waals surface area (Å²) in [5, 5.41) is 11.8. The first kappa shape index (κ1) is 16.2. The van der Waals surface area contributed by atoms with E-state index >= 15 is 0 Å². The number of aryl methyl sites for hydroxylation is 1. The van der Waals surface area contributed by atoms with Gasteiger partial charge in [0.05, 0.1) is 0 Å². The number of carbonyl (C=O) groups is 2. The highest BCUT2D eigenvalue weighted by Gasteiger charge is 2.32. The van der Waals surface area contributed by atoms with Crippen molar-refractivity contribution in [2.75, 3.05) is 0 Å². The molecule has 0 saturated heterocycles. The lowest BCUT2D eigenvalue weighted by molar-refractivity contribution is -0.147. The summed E-state index contributed by atoms with van der Waals surface area (Å²) < 4.78 is 0. The van der Waals surface area contributed by atoms with Crippen molar-refractivity contribution in [2.24, 2.45) is 0 Å². The number of aliphatic carboxylic acids is 1. The fourth-order valence-corrected chi connectivity index (χ4v) is 2.18. The van der Waals surface area contributed by atoms with Gasteiger partial charge in [-0.3, -0.25) is 4.79 Å². The van der Waals surface area contributed by atoms with Gasteiger partial charge in [-0.25, -0.2) is 4.79 Å². The van der Waals surface area contributed by atoms with Crippen molar-refractivity contribution in [1.82, 2.24) is 5.32 Å². The average molecular weight is 277 g/mol. The number of carbonyl (C=O) groups excluding carboxylic acids is 1. The Morgan fingerprint density at radius 1 is 1.35 bits per heavy atom. The maximum absolute atomic E-state index is 12.0. The van der Waals surface area contributed by atoms with Crippen LogP contribution in [0.25, 0.3) is 0 Å². The molecule has 0 fully saturated rings. The number of amides is 1. The maximum Gasteiger partial charge on any atom is 0.329 e. The quantitative estimate of drug-likeness (QED) is 0.840. The van der Waals surface area contributed by atoms with Gasteiger partial charge in [0.1, 0.15) is 5.54 Å². The Bertz CT molecular complexity index is 498. The molecule has 2 atom stereocenters. The molecule has 1 aromatic carbocycles. The van der Waals surface area contributed by atoms with Crippen LogP contribution >= 0.6 is 0 Å². The number of carboxylic acids is 1. The summed E-state index contributed by atoms with van der Waals surface area (Å²) in [6.07, 6.45) is 0.639. The van der Waals surface area contributed by atoms with Crippen molar-refractivity contribution >= 4 is 11.9 Å². The largest absolute Gasteiger partial charge is 0.480 e. The second kappa shape index (κ2) is 6.55. The predicted octanol–water partition coefficient (Wildman–Crippen LogP) is 2.86. The molecule has 20 heavy (non-hydrogen) atoms. The van der Waals surface area contributed by atoms with E-state index in [2.05, 4.69) is 5.32 Å².